The van der Waals surface area contributed by atoms with Crippen LogP contribution >= 0.6 is 0 Å². The Morgan fingerprint density at radius 3 is 2.77 bits per heavy atom. The van der Waals surface area contributed by atoms with Gasteiger partial charge in [0, 0.05) is 57.9 Å². The Kier molecular flexibility index (Phi) is 7.94. The van der Waals surface area contributed by atoms with Gasteiger partial charge in [0.05, 0.1) is 12.3 Å². The number of benzene rings is 1. The molecule has 0 aliphatic carbocycles. The van der Waals surface area contributed by atoms with Crippen molar-refractivity contribution in [2.75, 3.05) is 39.9 Å². The van der Waals surface area contributed by atoms with Gasteiger partial charge in [-0.2, -0.15) is 0 Å². The number of hydrogen-bond donors (Lipinski definition) is 0. The lowest BCUT2D eigenvalue weighted by atomic mass is 9.88. The molecule has 2 aromatic rings. The zero-order valence-corrected chi connectivity index (χ0v) is 18.1. The molecule has 0 radical (unpaired) electrons. The van der Waals surface area contributed by atoms with Gasteiger partial charge in [0.25, 0.3) is 0 Å². The second-order valence-electron chi connectivity index (χ2n) is 8.37. The van der Waals surface area contributed by atoms with Crippen molar-refractivity contribution in [1.29, 1.82) is 0 Å². The van der Waals surface area contributed by atoms with Crippen molar-refractivity contribution in [2.45, 2.75) is 26.3 Å². The number of halogens is 1. The molecule has 162 valence electrons. The van der Waals surface area contributed by atoms with Crippen molar-refractivity contribution < 1.29 is 13.9 Å². The zero-order chi connectivity index (χ0) is 21.5. The lowest BCUT2D eigenvalue weighted by Gasteiger charge is -2.29. The lowest BCUT2D eigenvalue weighted by molar-refractivity contribution is -0.135. The van der Waals surface area contributed by atoms with Crippen molar-refractivity contribution >= 4 is 5.91 Å². The number of carbonyl (C=O) groups is 1. The highest BCUT2D eigenvalue weighted by Gasteiger charge is 2.36. The average Bonchev–Trinajstić information content (AvgIpc) is 3.13. The average molecular weight is 414 g/mol. The molecule has 1 aliphatic rings. The number of likely N-dealkylation sites (tertiary alicyclic amines) is 1. The van der Waals surface area contributed by atoms with Crippen molar-refractivity contribution in [3.05, 3.63) is 65.7 Å². The molecule has 3 rings (SSSR count). The van der Waals surface area contributed by atoms with E-state index in [1.165, 1.54) is 6.07 Å². The monoisotopic (exact) mass is 413 g/mol. The molecule has 5 nitrogen and oxygen atoms in total. The van der Waals surface area contributed by atoms with Crippen molar-refractivity contribution in [2.24, 2.45) is 11.8 Å². The summed E-state index contributed by atoms with van der Waals surface area (Å²) in [5.74, 6) is 0.224. The van der Waals surface area contributed by atoms with Crippen LogP contribution in [0.15, 0.2) is 48.7 Å². The quantitative estimate of drug-likeness (QED) is 0.631. The van der Waals surface area contributed by atoms with Gasteiger partial charge in [-0.05, 0) is 35.7 Å². The first-order valence-electron chi connectivity index (χ1n) is 10.6. The number of rotatable bonds is 9. The van der Waals surface area contributed by atoms with Crippen LogP contribution in [0.1, 0.15) is 31.0 Å². The Hall–Kier alpha value is -2.31. The highest BCUT2D eigenvalue weighted by atomic mass is 19.1. The third kappa shape index (κ3) is 5.86. The number of hydrogen-bond acceptors (Lipinski definition) is 4. The number of nitrogens with zero attached hydrogens (tertiary/aromatic N) is 3. The molecule has 0 spiro atoms. The smallest absolute Gasteiger partial charge is 0.225 e. The largest absolute Gasteiger partial charge is 0.383 e. The minimum atomic E-state index is -0.219. The van der Waals surface area contributed by atoms with Crippen LogP contribution < -0.4 is 0 Å². The maximum absolute atomic E-state index is 14.0. The van der Waals surface area contributed by atoms with E-state index in [1.54, 1.807) is 25.4 Å². The van der Waals surface area contributed by atoms with Gasteiger partial charge < -0.3 is 9.64 Å². The minimum Gasteiger partial charge on any atom is -0.383 e. The van der Waals surface area contributed by atoms with E-state index in [-0.39, 0.29) is 29.5 Å². The molecule has 0 N–H and O–H groups in total. The van der Waals surface area contributed by atoms with Crippen LogP contribution in [0.4, 0.5) is 4.39 Å². The van der Waals surface area contributed by atoms with Gasteiger partial charge in [0.2, 0.25) is 5.91 Å². The Morgan fingerprint density at radius 2 is 2.10 bits per heavy atom. The fourth-order valence-corrected chi connectivity index (χ4v) is 4.25. The molecular weight excluding hydrogens is 381 g/mol. The van der Waals surface area contributed by atoms with Crippen LogP contribution in [-0.2, 0) is 16.1 Å². The molecule has 1 saturated heterocycles. The topological polar surface area (TPSA) is 45.7 Å². The van der Waals surface area contributed by atoms with E-state index in [0.29, 0.717) is 19.7 Å². The first-order chi connectivity index (χ1) is 14.5. The van der Waals surface area contributed by atoms with Gasteiger partial charge in [-0.1, -0.05) is 32.0 Å². The summed E-state index contributed by atoms with van der Waals surface area (Å²) in [6.45, 7) is 7.97. The molecule has 1 amide bonds. The van der Waals surface area contributed by atoms with E-state index >= 15 is 0 Å². The van der Waals surface area contributed by atoms with Crippen LogP contribution in [0, 0.1) is 17.7 Å². The molecule has 30 heavy (non-hydrogen) atoms. The maximum atomic E-state index is 14.0. The fraction of sp³-hybridized carbons (Fsp3) is 0.500. The van der Waals surface area contributed by atoms with Crippen LogP contribution in [-0.4, -0.2) is 60.6 Å². The molecule has 2 heterocycles. The number of carbonyl (C=O) groups excluding carboxylic acids is 1. The molecular formula is C24H32FN3O2. The summed E-state index contributed by atoms with van der Waals surface area (Å²) < 4.78 is 19.2. The molecule has 6 heteroatoms. The zero-order valence-electron chi connectivity index (χ0n) is 18.1. The number of pyridine rings is 1. The van der Waals surface area contributed by atoms with Crippen molar-refractivity contribution in [3.8, 4) is 0 Å². The summed E-state index contributed by atoms with van der Waals surface area (Å²) in [6, 6.07) is 12.8. The number of amides is 1. The van der Waals surface area contributed by atoms with Crippen LogP contribution in [0.25, 0.3) is 0 Å². The second-order valence-corrected chi connectivity index (χ2v) is 8.37. The third-order valence-corrected chi connectivity index (χ3v) is 5.73. The van der Waals surface area contributed by atoms with Gasteiger partial charge in [0.15, 0.2) is 0 Å². The molecule has 0 saturated carbocycles. The van der Waals surface area contributed by atoms with Gasteiger partial charge >= 0.3 is 0 Å². The summed E-state index contributed by atoms with van der Waals surface area (Å²) in [4.78, 5) is 21.5. The van der Waals surface area contributed by atoms with E-state index in [0.717, 1.165) is 30.9 Å². The van der Waals surface area contributed by atoms with E-state index in [2.05, 4.69) is 9.88 Å². The molecule has 2 atom stereocenters. The molecule has 1 fully saturated rings. The SMILES string of the molecule is COCCN(C[C@H]1CN(Cc2ccccn2)C[C@@H]1c1cccc(F)c1)C(=O)C(C)C. The minimum absolute atomic E-state index is 0.0690. The predicted octanol–water partition coefficient (Wildman–Crippen LogP) is 3.57. The molecule has 0 bridgehead atoms. The maximum Gasteiger partial charge on any atom is 0.225 e. The Morgan fingerprint density at radius 1 is 1.27 bits per heavy atom. The van der Waals surface area contributed by atoms with E-state index in [9.17, 15) is 9.18 Å². The van der Waals surface area contributed by atoms with Gasteiger partial charge in [-0.15, -0.1) is 0 Å². The van der Waals surface area contributed by atoms with E-state index in [4.69, 9.17) is 4.74 Å². The van der Waals surface area contributed by atoms with Gasteiger partial charge in [0.1, 0.15) is 5.82 Å². The van der Waals surface area contributed by atoms with Crippen LogP contribution in [0.5, 0.6) is 0 Å². The van der Waals surface area contributed by atoms with E-state index in [1.807, 2.05) is 43.0 Å². The Labute approximate surface area is 178 Å². The fourth-order valence-electron chi connectivity index (χ4n) is 4.25. The standard InChI is InChI=1S/C24H32FN3O2/c1-18(2)24(29)28(11-12-30-3)15-20-14-27(16-22-9-4-5-10-26-22)17-23(20)19-7-6-8-21(25)13-19/h4-10,13,18,20,23H,11-12,14-17H2,1-3H3/t20-,23-/m1/s1. The lowest BCUT2D eigenvalue weighted by Crippen LogP contribution is -2.41. The normalized spacial score (nSPS) is 19.4. The summed E-state index contributed by atoms with van der Waals surface area (Å²) in [5, 5.41) is 0. The summed E-state index contributed by atoms with van der Waals surface area (Å²) >= 11 is 0. The summed E-state index contributed by atoms with van der Waals surface area (Å²) in [6.07, 6.45) is 1.81. The summed E-state index contributed by atoms with van der Waals surface area (Å²) in [7, 11) is 1.65. The first-order valence-corrected chi connectivity index (χ1v) is 10.6. The number of methoxy groups -OCH3 is 1. The molecule has 0 unspecified atom stereocenters. The number of aromatic nitrogens is 1. The highest BCUT2D eigenvalue weighted by Crippen LogP contribution is 2.34. The second kappa shape index (κ2) is 10.6. The van der Waals surface area contributed by atoms with Crippen molar-refractivity contribution in [1.82, 2.24) is 14.8 Å². The third-order valence-electron chi connectivity index (χ3n) is 5.73. The molecule has 1 aliphatic heterocycles. The predicted molar refractivity (Wildman–Crippen MR) is 115 cm³/mol. The van der Waals surface area contributed by atoms with Gasteiger partial charge in [-0.3, -0.25) is 14.7 Å². The number of ether oxygens (including phenoxy) is 1. The molecule has 1 aromatic carbocycles. The summed E-state index contributed by atoms with van der Waals surface area (Å²) in [5.41, 5.74) is 2.01. The Bertz CT molecular complexity index is 815. The first kappa shape index (κ1) is 22.4. The van der Waals surface area contributed by atoms with Crippen LogP contribution in [0.3, 0.4) is 0 Å². The van der Waals surface area contributed by atoms with Crippen LogP contribution in [0.2, 0.25) is 0 Å². The molecule has 1 aromatic heterocycles. The highest BCUT2D eigenvalue weighted by molar-refractivity contribution is 5.78. The Balaban J connectivity index is 1.80. The van der Waals surface area contributed by atoms with Crippen molar-refractivity contribution in [3.63, 3.8) is 0 Å². The van der Waals surface area contributed by atoms with E-state index < -0.39 is 0 Å². The van der Waals surface area contributed by atoms with Gasteiger partial charge in [-0.25, -0.2) is 4.39 Å².